The first kappa shape index (κ1) is 22.6. The minimum Gasteiger partial charge on any atom is -0.339 e. The monoisotopic (exact) mass is 471 g/mol. The molecule has 1 aliphatic rings. The van der Waals surface area contributed by atoms with Gasteiger partial charge in [0.2, 0.25) is 0 Å². The summed E-state index contributed by atoms with van der Waals surface area (Å²) in [7, 11) is 0. The number of piperidine rings is 1. The Hall–Kier alpha value is -4.20. The maximum Gasteiger partial charge on any atom is 0.319 e. The van der Waals surface area contributed by atoms with Gasteiger partial charge in [-0.25, -0.2) is 14.2 Å². The summed E-state index contributed by atoms with van der Waals surface area (Å²) < 4.78 is 15.9. The summed E-state index contributed by atoms with van der Waals surface area (Å²) in [6, 6.07) is 17.5. The predicted molar refractivity (Wildman–Crippen MR) is 132 cm³/mol. The summed E-state index contributed by atoms with van der Waals surface area (Å²) in [5, 5.41) is 5.72. The summed E-state index contributed by atoms with van der Waals surface area (Å²) in [5.74, 6) is -0.414. The summed E-state index contributed by atoms with van der Waals surface area (Å²) in [6.07, 6.45) is 7.15. The third-order valence-electron chi connectivity index (χ3n) is 6.44. The molecule has 0 bridgehead atoms. The number of halogens is 1. The molecule has 1 aliphatic heterocycles. The van der Waals surface area contributed by atoms with E-state index in [4.69, 9.17) is 0 Å². The predicted octanol–water partition coefficient (Wildman–Crippen LogP) is 4.81. The number of fused-ring (bicyclic) bond motifs is 1. The number of imidazole rings is 1. The number of carbonyl (C=O) groups is 2. The van der Waals surface area contributed by atoms with Crippen LogP contribution in [0, 0.1) is 5.82 Å². The fraction of sp³-hybridized carbons (Fsp3) is 0.222. The summed E-state index contributed by atoms with van der Waals surface area (Å²) >= 11 is 0. The molecular formula is C27H26FN5O2. The molecule has 8 heteroatoms. The van der Waals surface area contributed by atoms with E-state index in [1.807, 2.05) is 53.2 Å². The lowest BCUT2D eigenvalue weighted by molar-refractivity contribution is 0.0708. The number of pyridine rings is 1. The highest BCUT2D eigenvalue weighted by molar-refractivity contribution is 5.94. The molecule has 4 aromatic rings. The fourth-order valence-electron chi connectivity index (χ4n) is 4.48. The van der Waals surface area contributed by atoms with Crippen molar-refractivity contribution in [3.8, 4) is 0 Å². The highest BCUT2D eigenvalue weighted by Gasteiger charge is 2.25. The molecule has 0 aliphatic carbocycles. The van der Waals surface area contributed by atoms with E-state index in [1.165, 1.54) is 17.7 Å². The summed E-state index contributed by atoms with van der Waals surface area (Å²) in [6.45, 7) is 1.58. The van der Waals surface area contributed by atoms with Gasteiger partial charge >= 0.3 is 6.03 Å². The van der Waals surface area contributed by atoms with Crippen LogP contribution in [0.1, 0.15) is 40.2 Å². The molecule has 5 rings (SSSR count). The topological polar surface area (TPSA) is 78.7 Å². The molecule has 0 spiro atoms. The molecule has 0 saturated carbocycles. The third kappa shape index (κ3) is 5.16. The second-order valence-electron chi connectivity index (χ2n) is 8.70. The smallest absolute Gasteiger partial charge is 0.319 e. The second kappa shape index (κ2) is 9.97. The lowest BCUT2D eigenvalue weighted by Gasteiger charge is -2.32. The van der Waals surface area contributed by atoms with Crippen molar-refractivity contribution in [1.29, 1.82) is 0 Å². The Morgan fingerprint density at radius 3 is 2.54 bits per heavy atom. The van der Waals surface area contributed by atoms with E-state index in [0.29, 0.717) is 31.2 Å². The van der Waals surface area contributed by atoms with Gasteiger partial charge in [0.1, 0.15) is 11.5 Å². The molecular weight excluding hydrogens is 445 g/mol. The van der Waals surface area contributed by atoms with Crippen molar-refractivity contribution in [3.63, 3.8) is 0 Å². The molecule has 0 unspecified atom stereocenters. The van der Waals surface area contributed by atoms with Crippen LogP contribution in [0.5, 0.6) is 0 Å². The largest absolute Gasteiger partial charge is 0.339 e. The first-order valence-corrected chi connectivity index (χ1v) is 11.7. The number of rotatable bonds is 5. The summed E-state index contributed by atoms with van der Waals surface area (Å²) in [5.41, 5.74) is 3.81. The van der Waals surface area contributed by atoms with Crippen molar-refractivity contribution in [3.05, 3.63) is 102 Å². The normalized spacial score (nSPS) is 14.1. The van der Waals surface area contributed by atoms with E-state index in [-0.39, 0.29) is 17.5 Å². The van der Waals surface area contributed by atoms with Crippen LogP contribution < -0.4 is 10.6 Å². The van der Waals surface area contributed by atoms with Crippen LogP contribution in [0.2, 0.25) is 0 Å². The first-order chi connectivity index (χ1) is 17.1. The van der Waals surface area contributed by atoms with Gasteiger partial charge in [0.15, 0.2) is 0 Å². The van der Waals surface area contributed by atoms with Gasteiger partial charge in [0.05, 0.1) is 5.56 Å². The van der Waals surface area contributed by atoms with Crippen LogP contribution in [0.4, 0.5) is 14.9 Å². The summed E-state index contributed by atoms with van der Waals surface area (Å²) in [4.78, 5) is 30.9. The van der Waals surface area contributed by atoms with E-state index < -0.39 is 5.82 Å². The van der Waals surface area contributed by atoms with Gasteiger partial charge in [-0.2, -0.15) is 0 Å². The van der Waals surface area contributed by atoms with E-state index >= 15 is 0 Å². The maximum atomic E-state index is 14.0. The standard InChI is InChI=1S/C27H26FN5O2/c28-24-4-2-1-3-23(24)26(34)33-14-10-21(11-15-33)20-5-7-22(8-6-20)31-27(35)30-18-19-9-13-32-16-12-29-25(32)17-19/h1-9,12-13,16-17,21H,10-11,14-15,18H2,(H2,30,31,35). The van der Waals surface area contributed by atoms with Crippen molar-refractivity contribution < 1.29 is 14.0 Å². The van der Waals surface area contributed by atoms with E-state index in [1.54, 1.807) is 23.2 Å². The van der Waals surface area contributed by atoms with Crippen LogP contribution in [0.15, 0.2) is 79.3 Å². The van der Waals surface area contributed by atoms with Crippen LogP contribution >= 0.6 is 0 Å². The number of benzene rings is 2. The van der Waals surface area contributed by atoms with Gasteiger partial charge in [-0.15, -0.1) is 0 Å². The molecule has 1 fully saturated rings. The number of urea groups is 1. The van der Waals surface area contributed by atoms with Crippen LogP contribution in [-0.2, 0) is 6.54 Å². The minimum atomic E-state index is -0.481. The van der Waals surface area contributed by atoms with Gasteiger partial charge in [-0.1, -0.05) is 24.3 Å². The molecule has 2 N–H and O–H groups in total. The Morgan fingerprint density at radius 2 is 1.77 bits per heavy atom. The molecule has 1 saturated heterocycles. The SMILES string of the molecule is O=C(NCc1ccn2ccnc2c1)Nc1ccc(C2CCN(C(=O)c3ccccc3F)CC2)cc1. The molecule has 3 amide bonds. The number of aromatic nitrogens is 2. The number of nitrogens with zero attached hydrogens (tertiary/aromatic N) is 3. The number of carbonyl (C=O) groups excluding carboxylic acids is 2. The van der Waals surface area contributed by atoms with E-state index in [9.17, 15) is 14.0 Å². The highest BCUT2D eigenvalue weighted by atomic mass is 19.1. The molecule has 0 atom stereocenters. The molecule has 7 nitrogen and oxygen atoms in total. The van der Waals surface area contributed by atoms with Crippen molar-refractivity contribution in [2.75, 3.05) is 18.4 Å². The molecule has 2 aromatic carbocycles. The van der Waals surface area contributed by atoms with Gasteiger partial charge in [-0.3, -0.25) is 4.79 Å². The number of amides is 3. The van der Waals surface area contributed by atoms with Gasteiger partial charge in [0, 0.05) is 43.9 Å². The fourth-order valence-corrected chi connectivity index (χ4v) is 4.48. The number of hydrogen-bond donors (Lipinski definition) is 2. The van der Waals surface area contributed by atoms with E-state index in [2.05, 4.69) is 15.6 Å². The Balaban J connectivity index is 1.11. The minimum absolute atomic E-state index is 0.127. The van der Waals surface area contributed by atoms with Crippen molar-refractivity contribution in [1.82, 2.24) is 19.6 Å². The van der Waals surface area contributed by atoms with Gasteiger partial charge in [0.25, 0.3) is 5.91 Å². The number of likely N-dealkylation sites (tertiary alicyclic amines) is 1. The molecule has 2 aromatic heterocycles. The van der Waals surface area contributed by atoms with Gasteiger partial charge in [-0.05, 0) is 66.3 Å². The second-order valence-corrected chi connectivity index (χ2v) is 8.70. The molecule has 0 radical (unpaired) electrons. The zero-order valence-corrected chi connectivity index (χ0v) is 19.2. The number of anilines is 1. The maximum absolute atomic E-state index is 14.0. The molecule has 178 valence electrons. The van der Waals surface area contributed by atoms with Gasteiger partial charge < -0.3 is 19.9 Å². The van der Waals surface area contributed by atoms with E-state index in [0.717, 1.165) is 24.1 Å². The first-order valence-electron chi connectivity index (χ1n) is 11.7. The lowest BCUT2D eigenvalue weighted by Crippen LogP contribution is -2.38. The Bertz CT molecular complexity index is 1340. The average Bonchev–Trinajstić information content (AvgIpc) is 3.36. The molecule has 35 heavy (non-hydrogen) atoms. The quantitative estimate of drug-likeness (QED) is 0.438. The zero-order chi connectivity index (χ0) is 24.2. The molecule has 3 heterocycles. The zero-order valence-electron chi connectivity index (χ0n) is 19.2. The van der Waals surface area contributed by atoms with Crippen LogP contribution in [0.3, 0.4) is 0 Å². The van der Waals surface area contributed by atoms with Crippen molar-refractivity contribution >= 4 is 23.3 Å². The lowest BCUT2D eigenvalue weighted by atomic mass is 9.89. The average molecular weight is 472 g/mol. The number of hydrogen-bond acceptors (Lipinski definition) is 3. The van der Waals surface area contributed by atoms with Crippen LogP contribution in [0.25, 0.3) is 5.65 Å². The Labute approximate surface area is 202 Å². The highest BCUT2D eigenvalue weighted by Crippen LogP contribution is 2.29. The Kier molecular flexibility index (Phi) is 6.43. The van der Waals surface area contributed by atoms with Crippen molar-refractivity contribution in [2.45, 2.75) is 25.3 Å². The van der Waals surface area contributed by atoms with Crippen molar-refractivity contribution in [2.24, 2.45) is 0 Å². The third-order valence-corrected chi connectivity index (χ3v) is 6.44. The Morgan fingerprint density at radius 1 is 1.00 bits per heavy atom. The van der Waals surface area contributed by atoms with Crippen LogP contribution in [-0.4, -0.2) is 39.3 Å². The number of nitrogens with one attached hydrogen (secondary N) is 2.